The Balaban J connectivity index is 2.27. The second-order valence-corrected chi connectivity index (χ2v) is 3.78. The number of benzene rings is 2. The van der Waals surface area contributed by atoms with Gasteiger partial charge in [-0.05, 0) is 31.2 Å². The SMILES string of the molecule is CCOc1cccc(Oc2ccc(F)c(F)c2)c1N. The fourth-order valence-corrected chi connectivity index (χ4v) is 1.56. The largest absolute Gasteiger partial charge is 0.492 e. The molecule has 0 aliphatic rings. The van der Waals surface area contributed by atoms with Crippen LogP contribution in [0.1, 0.15) is 6.92 Å². The van der Waals surface area contributed by atoms with E-state index in [-0.39, 0.29) is 5.75 Å². The topological polar surface area (TPSA) is 44.5 Å². The smallest absolute Gasteiger partial charge is 0.162 e. The maximum absolute atomic E-state index is 13.1. The van der Waals surface area contributed by atoms with E-state index in [1.807, 2.05) is 6.92 Å². The Labute approximate surface area is 109 Å². The molecule has 0 saturated heterocycles. The summed E-state index contributed by atoms with van der Waals surface area (Å²) in [6.07, 6.45) is 0. The van der Waals surface area contributed by atoms with Gasteiger partial charge in [0.2, 0.25) is 0 Å². The Hall–Kier alpha value is -2.30. The van der Waals surface area contributed by atoms with Crippen molar-refractivity contribution in [2.45, 2.75) is 6.92 Å². The first-order chi connectivity index (χ1) is 9.11. The van der Waals surface area contributed by atoms with E-state index in [0.29, 0.717) is 23.8 Å². The second kappa shape index (κ2) is 5.56. The molecule has 5 heteroatoms. The number of hydrogen-bond acceptors (Lipinski definition) is 3. The van der Waals surface area contributed by atoms with E-state index >= 15 is 0 Å². The quantitative estimate of drug-likeness (QED) is 0.856. The van der Waals surface area contributed by atoms with Crippen molar-refractivity contribution in [3.8, 4) is 17.2 Å². The van der Waals surface area contributed by atoms with Crippen LogP contribution in [0.4, 0.5) is 14.5 Å². The molecule has 0 spiro atoms. The van der Waals surface area contributed by atoms with E-state index < -0.39 is 11.6 Å². The molecule has 2 aromatic rings. The van der Waals surface area contributed by atoms with E-state index in [9.17, 15) is 8.78 Å². The predicted molar refractivity (Wildman–Crippen MR) is 68.5 cm³/mol. The van der Waals surface area contributed by atoms with Crippen LogP contribution in [0.2, 0.25) is 0 Å². The molecule has 19 heavy (non-hydrogen) atoms. The molecule has 2 N–H and O–H groups in total. The average Bonchev–Trinajstić information content (AvgIpc) is 2.39. The van der Waals surface area contributed by atoms with Crippen LogP contribution in [-0.2, 0) is 0 Å². The maximum Gasteiger partial charge on any atom is 0.162 e. The molecule has 0 aliphatic heterocycles. The number of ether oxygens (including phenoxy) is 2. The third-order valence-corrected chi connectivity index (χ3v) is 2.44. The zero-order valence-electron chi connectivity index (χ0n) is 10.3. The normalized spacial score (nSPS) is 10.3. The van der Waals surface area contributed by atoms with Gasteiger partial charge in [0.25, 0.3) is 0 Å². The highest BCUT2D eigenvalue weighted by Gasteiger charge is 2.09. The standard InChI is InChI=1S/C14H13F2NO2/c1-2-18-12-4-3-5-13(14(12)17)19-9-6-7-10(15)11(16)8-9/h3-8H,2,17H2,1H3. The fourth-order valence-electron chi connectivity index (χ4n) is 1.56. The van der Waals surface area contributed by atoms with Crippen molar-refractivity contribution in [2.24, 2.45) is 0 Å². The minimum Gasteiger partial charge on any atom is -0.492 e. The molecule has 0 bridgehead atoms. The molecule has 100 valence electrons. The molecule has 0 fully saturated rings. The van der Waals surface area contributed by atoms with Crippen LogP contribution in [0, 0.1) is 11.6 Å². The Morgan fingerprint density at radius 2 is 1.79 bits per heavy atom. The first-order valence-corrected chi connectivity index (χ1v) is 5.76. The highest BCUT2D eigenvalue weighted by molar-refractivity contribution is 5.63. The molecule has 0 saturated carbocycles. The van der Waals surface area contributed by atoms with E-state index in [0.717, 1.165) is 12.1 Å². The summed E-state index contributed by atoms with van der Waals surface area (Å²) in [5.41, 5.74) is 6.18. The Kier molecular flexibility index (Phi) is 3.85. The van der Waals surface area contributed by atoms with Gasteiger partial charge in [0.05, 0.1) is 6.61 Å². The van der Waals surface area contributed by atoms with Crippen LogP contribution in [0.25, 0.3) is 0 Å². The molecule has 2 aromatic carbocycles. The molecule has 2 rings (SSSR count). The Bertz CT molecular complexity index is 588. The van der Waals surface area contributed by atoms with Crippen molar-refractivity contribution in [3.63, 3.8) is 0 Å². The molecule has 0 radical (unpaired) electrons. The van der Waals surface area contributed by atoms with Gasteiger partial charge in [-0.1, -0.05) is 6.07 Å². The number of nitrogen functional groups attached to an aromatic ring is 1. The van der Waals surface area contributed by atoms with E-state index in [1.165, 1.54) is 6.07 Å². The maximum atomic E-state index is 13.1. The number of rotatable bonds is 4. The lowest BCUT2D eigenvalue weighted by Gasteiger charge is -2.12. The molecule has 0 unspecified atom stereocenters. The first kappa shape index (κ1) is 13.1. The van der Waals surface area contributed by atoms with Crippen molar-refractivity contribution in [2.75, 3.05) is 12.3 Å². The molecule has 0 atom stereocenters. The number of nitrogens with two attached hydrogens (primary N) is 1. The summed E-state index contributed by atoms with van der Waals surface area (Å²) in [6, 6.07) is 8.31. The monoisotopic (exact) mass is 265 g/mol. The van der Waals surface area contributed by atoms with Gasteiger partial charge in [-0.25, -0.2) is 8.78 Å². The third kappa shape index (κ3) is 2.93. The van der Waals surface area contributed by atoms with Gasteiger partial charge in [-0.15, -0.1) is 0 Å². The first-order valence-electron chi connectivity index (χ1n) is 5.76. The van der Waals surface area contributed by atoms with Gasteiger partial charge in [0.1, 0.15) is 17.2 Å². The van der Waals surface area contributed by atoms with Gasteiger partial charge < -0.3 is 15.2 Å². The summed E-state index contributed by atoms with van der Waals surface area (Å²) in [6.45, 7) is 2.31. The van der Waals surface area contributed by atoms with Crippen LogP contribution >= 0.6 is 0 Å². The van der Waals surface area contributed by atoms with Crippen molar-refractivity contribution in [1.82, 2.24) is 0 Å². The van der Waals surface area contributed by atoms with Crippen molar-refractivity contribution in [3.05, 3.63) is 48.0 Å². The molecule has 0 heterocycles. The lowest BCUT2D eigenvalue weighted by molar-refractivity contribution is 0.340. The lowest BCUT2D eigenvalue weighted by Crippen LogP contribution is -1.99. The summed E-state index contributed by atoms with van der Waals surface area (Å²) in [5.74, 6) is -0.917. The van der Waals surface area contributed by atoms with Crippen LogP contribution < -0.4 is 15.2 Å². The van der Waals surface area contributed by atoms with Gasteiger partial charge in [0.15, 0.2) is 17.4 Å². The minimum absolute atomic E-state index is 0.166. The van der Waals surface area contributed by atoms with Crippen LogP contribution in [-0.4, -0.2) is 6.61 Å². The van der Waals surface area contributed by atoms with E-state index in [1.54, 1.807) is 18.2 Å². The summed E-state index contributed by atoms with van der Waals surface area (Å²) in [5, 5.41) is 0. The fraction of sp³-hybridized carbons (Fsp3) is 0.143. The zero-order valence-corrected chi connectivity index (χ0v) is 10.3. The summed E-state index contributed by atoms with van der Waals surface area (Å²) in [7, 11) is 0. The summed E-state index contributed by atoms with van der Waals surface area (Å²) in [4.78, 5) is 0. The van der Waals surface area contributed by atoms with Crippen molar-refractivity contribution in [1.29, 1.82) is 0 Å². The molecular weight excluding hydrogens is 252 g/mol. The predicted octanol–water partition coefficient (Wildman–Crippen LogP) is 3.74. The second-order valence-electron chi connectivity index (χ2n) is 3.78. The van der Waals surface area contributed by atoms with Crippen molar-refractivity contribution < 1.29 is 18.3 Å². The molecule has 3 nitrogen and oxygen atoms in total. The zero-order chi connectivity index (χ0) is 13.8. The Morgan fingerprint density at radius 1 is 1.05 bits per heavy atom. The molecular formula is C14H13F2NO2. The molecule has 0 amide bonds. The number of hydrogen-bond donors (Lipinski definition) is 1. The van der Waals surface area contributed by atoms with Gasteiger partial charge in [-0.2, -0.15) is 0 Å². The highest BCUT2D eigenvalue weighted by Crippen LogP contribution is 2.34. The third-order valence-electron chi connectivity index (χ3n) is 2.44. The van der Waals surface area contributed by atoms with Crippen LogP contribution in [0.15, 0.2) is 36.4 Å². The number of halogens is 2. The number of para-hydroxylation sites is 1. The minimum atomic E-state index is -0.975. The average molecular weight is 265 g/mol. The number of anilines is 1. The lowest BCUT2D eigenvalue weighted by atomic mass is 10.2. The van der Waals surface area contributed by atoms with Gasteiger partial charge >= 0.3 is 0 Å². The Morgan fingerprint density at radius 3 is 2.47 bits per heavy atom. The highest BCUT2D eigenvalue weighted by atomic mass is 19.2. The molecule has 0 aromatic heterocycles. The van der Waals surface area contributed by atoms with Crippen LogP contribution in [0.3, 0.4) is 0 Å². The van der Waals surface area contributed by atoms with Gasteiger partial charge in [0, 0.05) is 6.07 Å². The van der Waals surface area contributed by atoms with E-state index in [4.69, 9.17) is 15.2 Å². The summed E-state index contributed by atoms with van der Waals surface area (Å²) < 4.78 is 36.6. The molecule has 0 aliphatic carbocycles. The van der Waals surface area contributed by atoms with Gasteiger partial charge in [-0.3, -0.25) is 0 Å². The van der Waals surface area contributed by atoms with E-state index in [2.05, 4.69) is 0 Å². The van der Waals surface area contributed by atoms with Crippen LogP contribution in [0.5, 0.6) is 17.2 Å². The summed E-state index contributed by atoms with van der Waals surface area (Å²) >= 11 is 0. The van der Waals surface area contributed by atoms with Crippen molar-refractivity contribution >= 4 is 5.69 Å².